The molecule has 0 unspecified atom stereocenters. The molecule has 0 radical (unpaired) electrons. The van der Waals surface area contributed by atoms with Crippen LogP contribution in [0.25, 0.3) is 0 Å². The van der Waals surface area contributed by atoms with Crippen LogP contribution in [0.15, 0.2) is 5.10 Å². The molecule has 2 rings (SSSR count). The predicted molar refractivity (Wildman–Crippen MR) is 97.4 cm³/mol. The molecule has 0 aromatic carbocycles. The molecule has 1 N–H and O–H groups in total. The fraction of sp³-hybridized carbons (Fsp3) is 0.950. The Kier molecular flexibility index (Phi) is 9.69. The number of nitrogens with zero attached hydrogens (tertiary/aromatic N) is 1. The summed E-state index contributed by atoms with van der Waals surface area (Å²) >= 11 is 0. The first-order valence-corrected chi connectivity index (χ1v) is 10.2. The van der Waals surface area contributed by atoms with Crippen molar-refractivity contribution < 1.29 is 0 Å². The lowest BCUT2D eigenvalue weighted by Gasteiger charge is -2.19. The second-order valence-electron chi connectivity index (χ2n) is 7.62. The Balaban J connectivity index is 1.70. The van der Waals surface area contributed by atoms with Crippen molar-refractivity contribution in [3.8, 4) is 0 Å². The van der Waals surface area contributed by atoms with Crippen LogP contribution in [-0.2, 0) is 0 Å². The molecule has 2 aliphatic rings. The zero-order valence-corrected chi connectivity index (χ0v) is 14.7. The van der Waals surface area contributed by atoms with Gasteiger partial charge in [0.15, 0.2) is 0 Å². The molecule has 0 saturated heterocycles. The average molecular weight is 307 g/mol. The highest BCUT2D eigenvalue weighted by atomic mass is 15.3. The predicted octanol–water partition coefficient (Wildman–Crippen LogP) is 6.21. The highest BCUT2D eigenvalue weighted by molar-refractivity contribution is 5.60. The smallest absolute Gasteiger partial charge is 0.0440 e. The Morgan fingerprint density at radius 3 is 1.45 bits per heavy atom. The van der Waals surface area contributed by atoms with Crippen LogP contribution in [-0.4, -0.2) is 12.3 Å². The van der Waals surface area contributed by atoms with Crippen LogP contribution in [0, 0.1) is 5.92 Å². The normalized spacial score (nSPS) is 25.3. The molecular formula is C20H38N2. The number of rotatable bonds is 3. The highest BCUT2D eigenvalue weighted by Gasteiger charge is 2.11. The van der Waals surface area contributed by atoms with Crippen molar-refractivity contribution in [2.45, 2.75) is 115 Å². The van der Waals surface area contributed by atoms with Crippen molar-refractivity contribution >= 4 is 6.21 Å². The van der Waals surface area contributed by atoms with Crippen molar-refractivity contribution in [1.29, 1.82) is 0 Å². The molecule has 0 aromatic heterocycles. The Morgan fingerprint density at radius 1 is 0.545 bits per heavy atom. The third-order valence-corrected chi connectivity index (χ3v) is 5.55. The van der Waals surface area contributed by atoms with E-state index >= 15 is 0 Å². The van der Waals surface area contributed by atoms with Crippen LogP contribution in [0.4, 0.5) is 0 Å². The van der Waals surface area contributed by atoms with Gasteiger partial charge < -0.3 is 5.43 Å². The van der Waals surface area contributed by atoms with Gasteiger partial charge in [-0.05, 0) is 31.6 Å². The third kappa shape index (κ3) is 8.19. The molecule has 0 aromatic rings. The average Bonchev–Trinajstić information content (AvgIpc) is 2.55. The van der Waals surface area contributed by atoms with Gasteiger partial charge in [-0.3, -0.25) is 0 Å². The van der Waals surface area contributed by atoms with Crippen molar-refractivity contribution in [3.05, 3.63) is 0 Å². The van der Waals surface area contributed by atoms with E-state index in [4.69, 9.17) is 0 Å². The summed E-state index contributed by atoms with van der Waals surface area (Å²) in [4.78, 5) is 0. The second-order valence-corrected chi connectivity index (χ2v) is 7.62. The maximum atomic E-state index is 4.67. The second kappa shape index (κ2) is 12.0. The summed E-state index contributed by atoms with van der Waals surface area (Å²) in [6.45, 7) is 0. The fourth-order valence-electron chi connectivity index (χ4n) is 4.01. The van der Waals surface area contributed by atoms with E-state index in [-0.39, 0.29) is 0 Å². The molecule has 128 valence electrons. The number of hydrogen-bond donors (Lipinski definition) is 1. The Morgan fingerprint density at radius 2 is 0.955 bits per heavy atom. The molecule has 0 amide bonds. The first-order chi connectivity index (χ1) is 10.9. The summed E-state index contributed by atoms with van der Waals surface area (Å²) in [5.41, 5.74) is 3.48. The fourth-order valence-corrected chi connectivity index (χ4v) is 4.01. The van der Waals surface area contributed by atoms with Gasteiger partial charge in [0.05, 0.1) is 0 Å². The van der Waals surface area contributed by atoms with Gasteiger partial charge in [-0.25, -0.2) is 0 Å². The van der Waals surface area contributed by atoms with E-state index in [1.54, 1.807) is 0 Å². The molecular weight excluding hydrogens is 268 g/mol. The summed E-state index contributed by atoms with van der Waals surface area (Å²) in [5, 5.41) is 4.67. The maximum absolute atomic E-state index is 4.67. The topological polar surface area (TPSA) is 24.4 Å². The number of hydrazone groups is 1. The molecule has 0 atom stereocenters. The number of hydrogen-bond acceptors (Lipinski definition) is 2. The monoisotopic (exact) mass is 306 g/mol. The van der Waals surface area contributed by atoms with E-state index in [0.29, 0.717) is 6.04 Å². The van der Waals surface area contributed by atoms with Gasteiger partial charge in [0.25, 0.3) is 0 Å². The minimum atomic E-state index is 0.638. The lowest BCUT2D eigenvalue weighted by atomic mass is 9.96. The molecule has 2 aliphatic carbocycles. The van der Waals surface area contributed by atoms with Crippen molar-refractivity contribution in [2.75, 3.05) is 0 Å². The summed E-state index contributed by atoms with van der Waals surface area (Å²) in [5.74, 6) is 0.721. The van der Waals surface area contributed by atoms with Crippen LogP contribution in [0.3, 0.4) is 0 Å². The lowest BCUT2D eigenvalue weighted by Crippen LogP contribution is -2.25. The summed E-state index contributed by atoms with van der Waals surface area (Å²) in [6, 6.07) is 0.638. The summed E-state index contributed by atoms with van der Waals surface area (Å²) in [7, 11) is 0. The van der Waals surface area contributed by atoms with Crippen LogP contribution in [0.5, 0.6) is 0 Å². The van der Waals surface area contributed by atoms with Crippen LogP contribution in [0.2, 0.25) is 0 Å². The van der Waals surface area contributed by atoms with Gasteiger partial charge in [0.1, 0.15) is 0 Å². The van der Waals surface area contributed by atoms with Crippen molar-refractivity contribution in [2.24, 2.45) is 11.0 Å². The molecule has 2 saturated carbocycles. The molecule has 2 nitrogen and oxygen atoms in total. The van der Waals surface area contributed by atoms with E-state index in [2.05, 4.69) is 16.7 Å². The van der Waals surface area contributed by atoms with Crippen LogP contribution >= 0.6 is 0 Å². The van der Waals surface area contributed by atoms with Gasteiger partial charge in [0, 0.05) is 12.3 Å². The van der Waals surface area contributed by atoms with Gasteiger partial charge in [-0.1, -0.05) is 83.5 Å². The Labute approximate surface area is 138 Å². The van der Waals surface area contributed by atoms with Gasteiger partial charge >= 0.3 is 0 Å². The molecule has 0 heterocycles. The highest BCUT2D eigenvalue weighted by Crippen LogP contribution is 2.20. The summed E-state index contributed by atoms with van der Waals surface area (Å²) in [6.07, 6.45) is 26.2. The largest absolute Gasteiger partial charge is 0.307 e. The molecule has 22 heavy (non-hydrogen) atoms. The first-order valence-electron chi connectivity index (χ1n) is 10.2. The van der Waals surface area contributed by atoms with E-state index in [9.17, 15) is 0 Å². The van der Waals surface area contributed by atoms with Crippen molar-refractivity contribution in [1.82, 2.24) is 5.43 Å². The quantitative estimate of drug-likeness (QED) is 0.487. The first kappa shape index (κ1) is 17.8. The van der Waals surface area contributed by atoms with Crippen molar-refractivity contribution in [3.63, 3.8) is 0 Å². The SMILES string of the molecule is C(=N\NC1CCCCCCC1)/C1CCCCCCCCCC1. The molecule has 0 spiro atoms. The molecule has 2 heteroatoms. The maximum Gasteiger partial charge on any atom is 0.0440 e. The lowest BCUT2D eigenvalue weighted by molar-refractivity contribution is 0.396. The van der Waals surface area contributed by atoms with Crippen LogP contribution < -0.4 is 5.43 Å². The van der Waals surface area contributed by atoms with E-state index in [1.165, 1.54) is 109 Å². The van der Waals surface area contributed by atoms with Gasteiger partial charge in [0.2, 0.25) is 0 Å². The van der Waals surface area contributed by atoms with Gasteiger partial charge in [-0.15, -0.1) is 0 Å². The van der Waals surface area contributed by atoms with E-state index in [0.717, 1.165) is 5.92 Å². The minimum absolute atomic E-state index is 0.638. The molecule has 0 bridgehead atoms. The Bertz CT molecular complexity index is 267. The standard InChI is InChI=1S/C20H38N2/c1-2-4-7-11-15-19(14-10-6-3-1)18-21-22-20-16-12-8-5-9-13-17-20/h18-20,22H,1-17H2/b21-18+. The molecule has 2 fully saturated rings. The van der Waals surface area contributed by atoms with Gasteiger partial charge in [-0.2, -0.15) is 5.10 Å². The van der Waals surface area contributed by atoms with E-state index in [1.807, 2.05) is 0 Å². The van der Waals surface area contributed by atoms with E-state index < -0.39 is 0 Å². The minimum Gasteiger partial charge on any atom is -0.307 e. The third-order valence-electron chi connectivity index (χ3n) is 5.55. The zero-order valence-electron chi connectivity index (χ0n) is 14.7. The zero-order chi connectivity index (χ0) is 15.3. The van der Waals surface area contributed by atoms with Crippen LogP contribution in [0.1, 0.15) is 109 Å². The Hall–Kier alpha value is -0.530. The molecule has 0 aliphatic heterocycles. The number of nitrogens with one attached hydrogen (secondary N) is 1. The summed E-state index contributed by atoms with van der Waals surface area (Å²) < 4.78 is 0.